The molecule has 1 aliphatic heterocycles. The number of nitrogens with zero attached hydrogens (tertiary/aromatic N) is 3. The summed E-state index contributed by atoms with van der Waals surface area (Å²) < 4.78 is 1.80. The van der Waals surface area contributed by atoms with Crippen LogP contribution in [0.1, 0.15) is 38.3 Å². The summed E-state index contributed by atoms with van der Waals surface area (Å²) in [5, 5.41) is 2.52. The van der Waals surface area contributed by atoms with Crippen LogP contribution in [-0.2, 0) is 13.0 Å². The lowest BCUT2D eigenvalue weighted by atomic mass is 10.1. The lowest BCUT2D eigenvalue weighted by Gasteiger charge is -2.36. The van der Waals surface area contributed by atoms with Crippen LogP contribution in [0.5, 0.6) is 0 Å². The standard InChI is InChI=1S/C28H32N4O3/c1-21-10-12-23(13-11-21)31-15-17-32(18-16-31)28(35)25-20-30(19-24(26(25)33)27(34)29-2)14-6-9-22-7-4-3-5-8-22/h3-5,7-8,10-13,19-20H,6,9,14-18H2,1-2H3,(H,29,34). The summed E-state index contributed by atoms with van der Waals surface area (Å²) in [7, 11) is 1.49. The number of nitrogens with one attached hydrogen (secondary N) is 1. The third kappa shape index (κ3) is 5.80. The summed E-state index contributed by atoms with van der Waals surface area (Å²) in [6.45, 7) is 5.07. The zero-order chi connectivity index (χ0) is 24.8. The first-order valence-corrected chi connectivity index (χ1v) is 12.1. The number of anilines is 1. The van der Waals surface area contributed by atoms with Crippen LogP contribution in [0.2, 0.25) is 0 Å². The topological polar surface area (TPSA) is 74.7 Å². The van der Waals surface area contributed by atoms with Gasteiger partial charge < -0.3 is 19.7 Å². The first-order valence-electron chi connectivity index (χ1n) is 12.1. The van der Waals surface area contributed by atoms with E-state index in [9.17, 15) is 14.4 Å². The average Bonchev–Trinajstić information content (AvgIpc) is 2.90. The number of hydrogen-bond donors (Lipinski definition) is 1. The van der Waals surface area contributed by atoms with Crippen LogP contribution in [0, 0.1) is 6.92 Å². The molecule has 0 aliphatic carbocycles. The molecule has 7 nitrogen and oxygen atoms in total. The molecule has 1 aromatic heterocycles. The highest BCUT2D eigenvalue weighted by Crippen LogP contribution is 2.18. The fourth-order valence-corrected chi connectivity index (χ4v) is 4.41. The fourth-order valence-electron chi connectivity index (χ4n) is 4.41. The van der Waals surface area contributed by atoms with Crippen molar-refractivity contribution in [3.05, 3.63) is 99.5 Å². The summed E-state index contributed by atoms with van der Waals surface area (Å²) in [6, 6.07) is 18.5. The third-order valence-corrected chi connectivity index (χ3v) is 6.47. The van der Waals surface area contributed by atoms with Crippen LogP contribution in [0.15, 0.2) is 71.8 Å². The van der Waals surface area contributed by atoms with Crippen LogP contribution in [0.4, 0.5) is 5.69 Å². The van der Waals surface area contributed by atoms with E-state index >= 15 is 0 Å². The first kappa shape index (κ1) is 24.3. The predicted octanol–water partition coefficient (Wildman–Crippen LogP) is 3.11. The van der Waals surface area contributed by atoms with Crippen LogP contribution in [0.25, 0.3) is 0 Å². The van der Waals surface area contributed by atoms with Gasteiger partial charge in [-0.1, -0.05) is 48.0 Å². The number of pyridine rings is 1. The van der Waals surface area contributed by atoms with Gasteiger partial charge in [0.1, 0.15) is 11.1 Å². The third-order valence-electron chi connectivity index (χ3n) is 6.47. The van der Waals surface area contributed by atoms with E-state index in [0.717, 1.165) is 18.5 Å². The molecule has 3 aromatic rings. The van der Waals surface area contributed by atoms with Crippen molar-refractivity contribution in [3.63, 3.8) is 0 Å². The van der Waals surface area contributed by atoms with Gasteiger partial charge in [0.25, 0.3) is 11.8 Å². The van der Waals surface area contributed by atoms with Crippen molar-refractivity contribution in [3.8, 4) is 0 Å². The summed E-state index contributed by atoms with van der Waals surface area (Å²) >= 11 is 0. The molecule has 0 radical (unpaired) electrons. The van der Waals surface area contributed by atoms with E-state index in [1.54, 1.807) is 21.9 Å². The summed E-state index contributed by atoms with van der Waals surface area (Å²) in [6.07, 6.45) is 4.85. The number of carbonyl (C=O) groups excluding carboxylic acids is 2. The number of aromatic nitrogens is 1. The second-order valence-electron chi connectivity index (χ2n) is 8.94. The van der Waals surface area contributed by atoms with E-state index in [1.165, 1.54) is 18.2 Å². The fraction of sp³-hybridized carbons (Fsp3) is 0.321. The Hall–Kier alpha value is -3.87. The van der Waals surface area contributed by atoms with Gasteiger partial charge >= 0.3 is 0 Å². The molecule has 0 spiro atoms. The van der Waals surface area contributed by atoms with Gasteiger partial charge in [0.15, 0.2) is 0 Å². The molecular weight excluding hydrogens is 440 g/mol. The molecular formula is C28H32N4O3. The van der Waals surface area contributed by atoms with Crippen molar-refractivity contribution < 1.29 is 9.59 Å². The Morgan fingerprint density at radius 1 is 0.886 bits per heavy atom. The Bertz CT molecular complexity index is 1230. The molecule has 1 saturated heterocycles. The number of amides is 2. The molecule has 7 heteroatoms. The molecule has 0 saturated carbocycles. The van der Waals surface area contributed by atoms with Crippen LogP contribution in [0.3, 0.4) is 0 Å². The quantitative estimate of drug-likeness (QED) is 0.574. The summed E-state index contributed by atoms with van der Waals surface area (Å²) in [5.41, 5.74) is 3.09. The number of carbonyl (C=O) groups is 2. The average molecular weight is 473 g/mol. The Kier molecular flexibility index (Phi) is 7.65. The predicted molar refractivity (Wildman–Crippen MR) is 138 cm³/mol. The Morgan fingerprint density at radius 2 is 1.54 bits per heavy atom. The second kappa shape index (κ2) is 11.0. The molecule has 1 N–H and O–H groups in total. The van der Waals surface area contributed by atoms with E-state index in [1.807, 2.05) is 18.2 Å². The molecule has 1 aliphatic rings. The van der Waals surface area contributed by atoms with E-state index in [-0.39, 0.29) is 17.0 Å². The molecule has 0 unspecified atom stereocenters. The van der Waals surface area contributed by atoms with Crippen LogP contribution in [-0.4, -0.2) is 54.5 Å². The van der Waals surface area contributed by atoms with Gasteiger partial charge in [0.2, 0.25) is 5.43 Å². The molecule has 0 atom stereocenters. The lowest BCUT2D eigenvalue weighted by molar-refractivity contribution is 0.0744. The summed E-state index contributed by atoms with van der Waals surface area (Å²) in [5.74, 6) is -0.799. The van der Waals surface area contributed by atoms with E-state index in [4.69, 9.17) is 0 Å². The van der Waals surface area contributed by atoms with Crippen molar-refractivity contribution in [1.82, 2.24) is 14.8 Å². The van der Waals surface area contributed by atoms with Gasteiger partial charge in [-0.3, -0.25) is 14.4 Å². The highest BCUT2D eigenvalue weighted by atomic mass is 16.2. The maximum Gasteiger partial charge on any atom is 0.259 e. The zero-order valence-electron chi connectivity index (χ0n) is 20.4. The van der Waals surface area contributed by atoms with Gasteiger partial charge in [0.05, 0.1) is 0 Å². The van der Waals surface area contributed by atoms with E-state index in [0.29, 0.717) is 32.7 Å². The number of aryl methyl sites for hydroxylation is 3. The van der Waals surface area contributed by atoms with Crippen molar-refractivity contribution in [2.45, 2.75) is 26.3 Å². The minimum atomic E-state index is -0.519. The Labute approximate surface area is 206 Å². The molecule has 35 heavy (non-hydrogen) atoms. The first-order chi connectivity index (χ1) is 17.0. The maximum absolute atomic E-state index is 13.4. The SMILES string of the molecule is CNC(=O)c1cn(CCCc2ccccc2)cc(C(=O)N2CCN(c3ccc(C)cc3)CC2)c1=O. The largest absolute Gasteiger partial charge is 0.368 e. The molecule has 0 bridgehead atoms. The number of benzene rings is 2. The highest BCUT2D eigenvalue weighted by Gasteiger charge is 2.26. The lowest BCUT2D eigenvalue weighted by Crippen LogP contribution is -2.50. The van der Waals surface area contributed by atoms with Crippen molar-refractivity contribution >= 4 is 17.5 Å². The highest BCUT2D eigenvalue weighted by molar-refractivity contribution is 5.99. The minimum Gasteiger partial charge on any atom is -0.368 e. The van der Waals surface area contributed by atoms with Gasteiger partial charge in [0, 0.05) is 57.9 Å². The molecule has 1 fully saturated rings. The maximum atomic E-state index is 13.4. The smallest absolute Gasteiger partial charge is 0.259 e. The second-order valence-corrected chi connectivity index (χ2v) is 8.94. The molecule has 4 rings (SSSR count). The number of piperazine rings is 1. The van der Waals surface area contributed by atoms with Gasteiger partial charge in [-0.2, -0.15) is 0 Å². The van der Waals surface area contributed by atoms with Gasteiger partial charge in [-0.25, -0.2) is 0 Å². The van der Waals surface area contributed by atoms with E-state index < -0.39 is 11.3 Å². The van der Waals surface area contributed by atoms with Gasteiger partial charge in [-0.15, -0.1) is 0 Å². The number of hydrogen-bond acceptors (Lipinski definition) is 4. The van der Waals surface area contributed by atoms with Crippen molar-refractivity contribution in [2.75, 3.05) is 38.1 Å². The summed E-state index contributed by atoms with van der Waals surface area (Å²) in [4.78, 5) is 42.8. The monoisotopic (exact) mass is 472 g/mol. The minimum absolute atomic E-state index is 0.00338. The van der Waals surface area contributed by atoms with Crippen molar-refractivity contribution in [2.24, 2.45) is 0 Å². The Morgan fingerprint density at radius 3 is 2.20 bits per heavy atom. The molecule has 2 heterocycles. The van der Waals surface area contributed by atoms with Gasteiger partial charge in [-0.05, 0) is 37.5 Å². The van der Waals surface area contributed by atoms with Crippen LogP contribution >= 0.6 is 0 Å². The molecule has 182 valence electrons. The molecule has 2 amide bonds. The molecule has 2 aromatic carbocycles. The van der Waals surface area contributed by atoms with Crippen molar-refractivity contribution in [1.29, 1.82) is 0 Å². The van der Waals surface area contributed by atoms with Crippen LogP contribution < -0.4 is 15.6 Å². The van der Waals surface area contributed by atoms with E-state index in [2.05, 4.69) is 53.5 Å². The normalized spacial score (nSPS) is 13.5. The zero-order valence-corrected chi connectivity index (χ0v) is 20.4. The Balaban J connectivity index is 1.49. The number of rotatable bonds is 7.